The summed E-state index contributed by atoms with van der Waals surface area (Å²) in [5, 5.41) is 0. The minimum atomic E-state index is -0.367. The molecule has 0 aromatic heterocycles. The number of benzene rings is 6. The number of fused-ring (bicyclic) bond motifs is 13. The number of anilines is 3. The van der Waals surface area contributed by atoms with Crippen molar-refractivity contribution in [2.75, 3.05) is 4.90 Å². The molecule has 0 saturated heterocycles. The van der Waals surface area contributed by atoms with Gasteiger partial charge in [-0.1, -0.05) is 141 Å². The van der Waals surface area contributed by atoms with Crippen LogP contribution in [0.2, 0.25) is 0 Å². The zero-order valence-corrected chi connectivity index (χ0v) is 26.7. The van der Waals surface area contributed by atoms with Gasteiger partial charge in [-0.3, -0.25) is 0 Å². The second kappa shape index (κ2) is 9.56. The second-order valence-corrected chi connectivity index (χ2v) is 14.0. The van der Waals surface area contributed by atoms with Crippen LogP contribution in [0, 0.1) is 0 Å². The van der Waals surface area contributed by atoms with Gasteiger partial charge in [0.2, 0.25) is 0 Å². The Labute approximate surface area is 277 Å². The SMILES string of the molecule is CC1(C)c2ccccc2-c2ccc(N(c3ccccc3)c3cccc4c3C3(C5=CC=CCC54)c4ccccc4-c4ccccc43)cc21. The number of hydrogen-bond acceptors (Lipinski definition) is 1. The molecule has 4 aliphatic rings. The topological polar surface area (TPSA) is 3.24 Å². The first-order valence-electron chi connectivity index (χ1n) is 16.9. The monoisotopic (exact) mass is 601 g/mol. The molecule has 1 atom stereocenters. The maximum atomic E-state index is 2.54. The number of allylic oxidation sites excluding steroid dienone is 4. The molecule has 0 radical (unpaired) electrons. The summed E-state index contributed by atoms with van der Waals surface area (Å²) in [6.07, 6.45) is 8.09. The molecule has 0 saturated carbocycles. The van der Waals surface area contributed by atoms with E-state index in [9.17, 15) is 0 Å². The third-order valence-corrected chi connectivity index (χ3v) is 11.5. The molecule has 0 amide bonds. The van der Waals surface area contributed by atoms with Gasteiger partial charge in [0.25, 0.3) is 0 Å². The lowest BCUT2D eigenvalue weighted by Crippen LogP contribution is -2.29. The average molecular weight is 602 g/mol. The van der Waals surface area contributed by atoms with Crippen molar-refractivity contribution in [1.82, 2.24) is 0 Å². The molecule has 6 aromatic carbocycles. The van der Waals surface area contributed by atoms with Gasteiger partial charge >= 0.3 is 0 Å². The van der Waals surface area contributed by atoms with E-state index in [1.165, 1.54) is 78.3 Å². The van der Waals surface area contributed by atoms with Crippen LogP contribution in [-0.2, 0) is 10.8 Å². The molecule has 224 valence electrons. The molecular weight excluding hydrogens is 567 g/mol. The molecule has 1 heteroatoms. The van der Waals surface area contributed by atoms with E-state index in [0.717, 1.165) is 6.42 Å². The Bertz CT molecular complexity index is 2270. The average Bonchev–Trinajstić information content (AvgIpc) is 3.68. The van der Waals surface area contributed by atoms with Crippen LogP contribution in [0.5, 0.6) is 0 Å². The molecule has 0 bridgehead atoms. The fourth-order valence-electron chi connectivity index (χ4n) is 9.55. The summed E-state index contributed by atoms with van der Waals surface area (Å²) >= 11 is 0. The first kappa shape index (κ1) is 26.8. The molecular formula is C46H35N. The van der Waals surface area contributed by atoms with E-state index in [1.807, 2.05) is 0 Å². The zero-order valence-electron chi connectivity index (χ0n) is 26.7. The predicted molar refractivity (Wildman–Crippen MR) is 195 cm³/mol. The van der Waals surface area contributed by atoms with Crippen molar-refractivity contribution in [2.45, 2.75) is 37.0 Å². The van der Waals surface area contributed by atoms with Crippen molar-refractivity contribution in [3.63, 3.8) is 0 Å². The number of para-hydroxylation sites is 1. The van der Waals surface area contributed by atoms with Crippen molar-refractivity contribution in [3.05, 3.63) is 197 Å². The van der Waals surface area contributed by atoms with Gasteiger partial charge in [0, 0.05) is 22.7 Å². The van der Waals surface area contributed by atoms with Gasteiger partial charge in [-0.25, -0.2) is 0 Å². The van der Waals surface area contributed by atoms with E-state index >= 15 is 0 Å². The summed E-state index contributed by atoms with van der Waals surface area (Å²) in [6.45, 7) is 4.75. The van der Waals surface area contributed by atoms with Crippen LogP contribution in [0.4, 0.5) is 17.1 Å². The first-order valence-corrected chi connectivity index (χ1v) is 16.9. The quantitative estimate of drug-likeness (QED) is 0.195. The number of nitrogens with zero attached hydrogens (tertiary/aromatic N) is 1. The van der Waals surface area contributed by atoms with Crippen LogP contribution in [0.1, 0.15) is 59.6 Å². The maximum absolute atomic E-state index is 2.54. The zero-order chi connectivity index (χ0) is 31.3. The lowest BCUT2D eigenvalue weighted by molar-refractivity contribution is 0.660. The molecule has 10 rings (SSSR count). The third-order valence-electron chi connectivity index (χ3n) is 11.5. The Morgan fingerprint density at radius 3 is 1.89 bits per heavy atom. The van der Waals surface area contributed by atoms with Gasteiger partial charge < -0.3 is 4.90 Å². The Morgan fingerprint density at radius 1 is 0.553 bits per heavy atom. The summed E-state index contributed by atoms with van der Waals surface area (Å²) in [7, 11) is 0. The molecule has 0 heterocycles. The predicted octanol–water partition coefficient (Wildman–Crippen LogP) is 11.8. The van der Waals surface area contributed by atoms with Gasteiger partial charge in [-0.15, -0.1) is 0 Å². The number of rotatable bonds is 3. The fourth-order valence-corrected chi connectivity index (χ4v) is 9.55. The van der Waals surface area contributed by atoms with Crippen LogP contribution in [0.15, 0.2) is 163 Å². The standard InChI is InChI=1S/C46H35N/c1-45(2)38-22-10-6-17-32(38)36-28-27-31(29-42(36)45)47(30-15-4-3-5-16-30)43-26-14-21-37-35-20-9-13-25-41(35)46(44(37)43)39-23-11-7-18-33(39)34-19-8-12-24-40(34)46/h3-19,21-29,35H,20H2,1-2H3. The molecule has 0 aliphatic heterocycles. The van der Waals surface area contributed by atoms with Crippen molar-refractivity contribution in [2.24, 2.45) is 0 Å². The highest BCUT2D eigenvalue weighted by Crippen LogP contribution is 2.67. The van der Waals surface area contributed by atoms with Gasteiger partial charge in [0.15, 0.2) is 0 Å². The molecule has 1 spiro atoms. The van der Waals surface area contributed by atoms with Gasteiger partial charge in [-0.05, 0) is 98.0 Å². The van der Waals surface area contributed by atoms with E-state index in [-0.39, 0.29) is 10.8 Å². The highest BCUT2D eigenvalue weighted by Gasteiger charge is 2.56. The van der Waals surface area contributed by atoms with E-state index < -0.39 is 0 Å². The van der Waals surface area contributed by atoms with Crippen LogP contribution in [0.25, 0.3) is 22.3 Å². The highest BCUT2D eigenvalue weighted by molar-refractivity contribution is 5.94. The summed E-state index contributed by atoms with van der Waals surface area (Å²) in [5.41, 5.74) is 18.5. The second-order valence-electron chi connectivity index (χ2n) is 14.0. The Balaban J connectivity index is 1.29. The molecule has 47 heavy (non-hydrogen) atoms. The lowest BCUT2D eigenvalue weighted by Gasteiger charge is -2.37. The van der Waals surface area contributed by atoms with Crippen molar-refractivity contribution in [3.8, 4) is 22.3 Å². The minimum Gasteiger partial charge on any atom is -0.310 e. The number of hydrogen-bond donors (Lipinski definition) is 0. The summed E-state index contributed by atoms with van der Waals surface area (Å²) in [6, 6.07) is 52.4. The van der Waals surface area contributed by atoms with Gasteiger partial charge in [0.05, 0.1) is 11.1 Å². The normalized spacial score (nSPS) is 18.1. The van der Waals surface area contributed by atoms with E-state index in [1.54, 1.807) is 0 Å². The fraction of sp³-hybridized carbons (Fsp3) is 0.130. The molecule has 1 nitrogen and oxygen atoms in total. The largest absolute Gasteiger partial charge is 0.310 e. The Morgan fingerprint density at radius 2 is 1.17 bits per heavy atom. The first-order chi connectivity index (χ1) is 23.1. The van der Waals surface area contributed by atoms with Gasteiger partial charge in [-0.2, -0.15) is 0 Å². The Hall–Kier alpha value is -5.40. The highest BCUT2D eigenvalue weighted by atomic mass is 15.1. The summed E-state index contributed by atoms with van der Waals surface area (Å²) < 4.78 is 0. The van der Waals surface area contributed by atoms with Crippen LogP contribution < -0.4 is 4.90 Å². The van der Waals surface area contributed by atoms with Crippen LogP contribution >= 0.6 is 0 Å². The van der Waals surface area contributed by atoms with E-state index in [0.29, 0.717) is 5.92 Å². The summed E-state index contributed by atoms with van der Waals surface area (Å²) in [5.74, 6) is 0.334. The molecule has 0 fully saturated rings. The van der Waals surface area contributed by atoms with Crippen LogP contribution in [0.3, 0.4) is 0 Å². The van der Waals surface area contributed by atoms with Gasteiger partial charge in [0.1, 0.15) is 0 Å². The maximum Gasteiger partial charge on any atom is 0.0706 e. The van der Waals surface area contributed by atoms with Crippen LogP contribution in [-0.4, -0.2) is 0 Å². The van der Waals surface area contributed by atoms with E-state index in [4.69, 9.17) is 0 Å². The van der Waals surface area contributed by atoms with Crippen molar-refractivity contribution in [1.29, 1.82) is 0 Å². The molecule has 0 N–H and O–H groups in total. The molecule has 4 aliphatic carbocycles. The van der Waals surface area contributed by atoms with E-state index in [2.05, 4.69) is 177 Å². The molecule has 1 unspecified atom stereocenters. The third kappa shape index (κ3) is 3.39. The molecule has 6 aromatic rings. The smallest absolute Gasteiger partial charge is 0.0706 e. The minimum absolute atomic E-state index is 0.0844. The Kier molecular flexibility index (Phi) is 5.45. The lowest BCUT2D eigenvalue weighted by atomic mass is 9.68. The van der Waals surface area contributed by atoms with Crippen molar-refractivity contribution < 1.29 is 0 Å². The van der Waals surface area contributed by atoms with Crippen molar-refractivity contribution >= 4 is 17.1 Å². The summed E-state index contributed by atoms with van der Waals surface area (Å²) in [4.78, 5) is 2.54.